The Bertz CT molecular complexity index is 1430. The maximum atomic E-state index is 13.4. The summed E-state index contributed by atoms with van der Waals surface area (Å²) >= 11 is 2.81. The fraction of sp³-hybridized carbons (Fsp3) is 0.130. The summed E-state index contributed by atoms with van der Waals surface area (Å²) in [5.74, 6) is -0.188. The molecule has 0 bridgehead atoms. The van der Waals surface area contributed by atoms with Gasteiger partial charge in [-0.1, -0.05) is 49.0 Å². The predicted molar refractivity (Wildman–Crippen MR) is 127 cm³/mol. The van der Waals surface area contributed by atoms with E-state index in [4.69, 9.17) is 0 Å². The minimum atomic E-state index is -0.280. The smallest absolute Gasteiger partial charge is 0.234 e. The first-order valence-electron chi connectivity index (χ1n) is 10.0. The predicted octanol–water partition coefficient (Wildman–Crippen LogP) is 5.44. The molecule has 0 spiro atoms. The molecule has 3 heterocycles. The fourth-order valence-corrected chi connectivity index (χ4v) is 5.14. The molecule has 2 aromatic carbocycles. The van der Waals surface area contributed by atoms with Gasteiger partial charge in [-0.3, -0.25) is 9.20 Å². The molecule has 5 rings (SSSR count). The highest BCUT2D eigenvalue weighted by atomic mass is 32.2. The summed E-state index contributed by atoms with van der Waals surface area (Å²) in [6.07, 6.45) is 2.52. The molecule has 0 radical (unpaired) electrons. The molecule has 9 heteroatoms. The number of carbonyl (C=O) groups excluding carboxylic acids is 1. The number of carbonyl (C=O) groups is 1. The SMILES string of the molecule is CCc1ccccc1NC(=O)CSc1nnc2c3c(-c4ccc(F)cc4)csc3ncn12. The zero-order valence-corrected chi connectivity index (χ0v) is 18.7. The monoisotopic (exact) mass is 463 g/mol. The molecule has 0 atom stereocenters. The van der Waals surface area contributed by atoms with E-state index in [-0.39, 0.29) is 17.5 Å². The van der Waals surface area contributed by atoms with Gasteiger partial charge in [0.2, 0.25) is 5.91 Å². The van der Waals surface area contributed by atoms with Gasteiger partial charge >= 0.3 is 0 Å². The highest BCUT2D eigenvalue weighted by molar-refractivity contribution is 7.99. The van der Waals surface area contributed by atoms with Crippen LogP contribution < -0.4 is 5.32 Å². The van der Waals surface area contributed by atoms with Crippen molar-refractivity contribution < 1.29 is 9.18 Å². The molecule has 32 heavy (non-hydrogen) atoms. The van der Waals surface area contributed by atoms with Crippen LogP contribution in [0.4, 0.5) is 10.1 Å². The van der Waals surface area contributed by atoms with Crippen LogP contribution in [0.3, 0.4) is 0 Å². The number of thioether (sulfide) groups is 1. The van der Waals surface area contributed by atoms with Crippen molar-refractivity contribution in [3.05, 3.63) is 71.6 Å². The Kier molecular flexibility index (Phi) is 5.59. The van der Waals surface area contributed by atoms with E-state index in [1.165, 1.54) is 35.2 Å². The zero-order chi connectivity index (χ0) is 22.1. The topological polar surface area (TPSA) is 72.2 Å². The van der Waals surface area contributed by atoms with E-state index < -0.39 is 0 Å². The lowest BCUT2D eigenvalue weighted by Crippen LogP contribution is -2.15. The Balaban J connectivity index is 1.41. The van der Waals surface area contributed by atoms with Crippen LogP contribution in [0.5, 0.6) is 0 Å². The summed E-state index contributed by atoms with van der Waals surface area (Å²) in [6.45, 7) is 2.06. The lowest BCUT2D eigenvalue weighted by molar-refractivity contribution is -0.113. The van der Waals surface area contributed by atoms with Crippen molar-refractivity contribution in [2.24, 2.45) is 0 Å². The van der Waals surface area contributed by atoms with E-state index in [1.54, 1.807) is 22.9 Å². The van der Waals surface area contributed by atoms with Crippen molar-refractivity contribution in [1.29, 1.82) is 0 Å². The summed E-state index contributed by atoms with van der Waals surface area (Å²) < 4.78 is 15.1. The molecule has 0 saturated heterocycles. The van der Waals surface area contributed by atoms with Crippen molar-refractivity contribution in [1.82, 2.24) is 19.6 Å². The lowest BCUT2D eigenvalue weighted by Gasteiger charge is -2.09. The van der Waals surface area contributed by atoms with Gasteiger partial charge in [0.1, 0.15) is 17.0 Å². The maximum Gasteiger partial charge on any atom is 0.234 e. The molecule has 160 valence electrons. The number of aromatic nitrogens is 4. The number of rotatable bonds is 6. The molecular weight excluding hydrogens is 445 g/mol. The second-order valence-corrected chi connectivity index (χ2v) is 8.91. The number of halogens is 1. The number of fused-ring (bicyclic) bond motifs is 3. The largest absolute Gasteiger partial charge is 0.325 e. The fourth-order valence-electron chi connectivity index (χ4n) is 3.53. The average molecular weight is 464 g/mol. The van der Waals surface area contributed by atoms with Gasteiger partial charge < -0.3 is 5.32 Å². The van der Waals surface area contributed by atoms with Gasteiger partial charge in [0.25, 0.3) is 0 Å². The van der Waals surface area contributed by atoms with Gasteiger partial charge in [-0.2, -0.15) is 0 Å². The van der Waals surface area contributed by atoms with Crippen LogP contribution >= 0.6 is 23.1 Å². The molecular formula is C23H18FN5OS2. The third-order valence-corrected chi connectivity index (χ3v) is 6.94. The van der Waals surface area contributed by atoms with Crippen molar-refractivity contribution in [2.75, 3.05) is 11.1 Å². The second-order valence-electron chi connectivity index (χ2n) is 7.10. The molecule has 0 aliphatic rings. The summed E-state index contributed by atoms with van der Waals surface area (Å²) in [5, 5.41) is 15.1. The maximum absolute atomic E-state index is 13.4. The van der Waals surface area contributed by atoms with Crippen molar-refractivity contribution in [2.45, 2.75) is 18.5 Å². The minimum Gasteiger partial charge on any atom is -0.325 e. The first-order chi connectivity index (χ1) is 15.6. The van der Waals surface area contributed by atoms with Gasteiger partial charge in [-0.25, -0.2) is 9.37 Å². The van der Waals surface area contributed by atoms with E-state index in [2.05, 4.69) is 27.4 Å². The standard InChI is InChI=1S/C23H18FN5OS2/c1-2-14-5-3-4-6-18(14)26-19(30)12-32-23-28-27-21-20-17(15-7-9-16(24)10-8-15)11-31-22(20)25-13-29(21)23/h3-11,13H,2,12H2,1H3,(H,26,30). The number of nitrogens with zero attached hydrogens (tertiary/aromatic N) is 4. The van der Waals surface area contributed by atoms with Gasteiger partial charge in [0.05, 0.1) is 11.1 Å². The summed E-state index contributed by atoms with van der Waals surface area (Å²) in [7, 11) is 0. The molecule has 0 saturated carbocycles. The van der Waals surface area contributed by atoms with E-state index in [1.807, 2.05) is 29.6 Å². The van der Waals surface area contributed by atoms with E-state index in [9.17, 15) is 9.18 Å². The second kappa shape index (κ2) is 8.68. The molecule has 0 aliphatic carbocycles. The normalized spacial score (nSPS) is 11.3. The van der Waals surface area contributed by atoms with Crippen LogP contribution in [0.15, 0.2) is 65.4 Å². The molecule has 0 aliphatic heterocycles. The molecule has 1 amide bonds. The average Bonchev–Trinajstić information content (AvgIpc) is 3.42. The van der Waals surface area contributed by atoms with Gasteiger partial charge in [0, 0.05) is 16.6 Å². The Morgan fingerprint density at radius 1 is 1.16 bits per heavy atom. The van der Waals surface area contributed by atoms with Gasteiger partial charge in [-0.15, -0.1) is 21.5 Å². The summed E-state index contributed by atoms with van der Waals surface area (Å²) in [4.78, 5) is 17.9. The number of anilines is 1. The molecule has 5 aromatic rings. The summed E-state index contributed by atoms with van der Waals surface area (Å²) in [5.41, 5.74) is 4.41. The molecule has 3 aromatic heterocycles. The lowest BCUT2D eigenvalue weighted by atomic mass is 10.1. The number of nitrogens with one attached hydrogen (secondary N) is 1. The third-order valence-electron chi connectivity index (χ3n) is 5.11. The Morgan fingerprint density at radius 2 is 1.97 bits per heavy atom. The van der Waals surface area contributed by atoms with Gasteiger partial charge in [0.15, 0.2) is 10.8 Å². The van der Waals surface area contributed by atoms with Gasteiger partial charge in [-0.05, 0) is 35.7 Å². The van der Waals surface area contributed by atoms with E-state index >= 15 is 0 Å². The van der Waals surface area contributed by atoms with E-state index in [0.717, 1.165) is 39.0 Å². The van der Waals surface area contributed by atoms with Crippen LogP contribution in [0.2, 0.25) is 0 Å². The van der Waals surface area contributed by atoms with Crippen LogP contribution in [-0.2, 0) is 11.2 Å². The zero-order valence-electron chi connectivity index (χ0n) is 17.1. The summed E-state index contributed by atoms with van der Waals surface area (Å²) in [6, 6.07) is 14.1. The molecule has 0 fully saturated rings. The Hall–Kier alpha value is -3.30. The number of hydrogen-bond acceptors (Lipinski definition) is 6. The number of amides is 1. The van der Waals surface area contributed by atoms with Crippen LogP contribution in [0.25, 0.3) is 27.0 Å². The quantitative estimate of drug-likeness (QED) is 0.340. The first kappa shape index (κ1) is 20.6. The van der Waals surface area contributed by atoms with Crippen LogP contribution in [-0.4, -0.2) is 31.2 Å². The Labute approximate surface area is 191 Å². The molecule has 1 N–H and O–H groups in total. The van der Waals surface area contributed by atoms with Crippen molar-refractivity contribution >= 4 is 50.6 Å². The van der Waals surface area contributed by atoms with Crippen molar-refractivity contribution in [3.8, 4) is 11.1 Å². The van der Waals surface area contributed by atoms with Crippen LogP contribution in [0.1, 0.15) is 12.5 Å². The molecule has 6 nitrogen and oxygen atoms in total. The Morgan fingerprint density at radius 3 is 2.78 bits per heavy atom. The molecule has 0 unspecified atom stereocenters. The number of hydrogen-bond donors (Lipinski definition) is 1. The number of para-hydroxylation sites is 1. The van der Waals surface area contributed by atoms with Crippen molar-refractivity contribution in [3.63, 3.8) is 0 Å². The van der Waals surface area contributed by atoms with Crippen LogP contribution in [0, 0.1) is 5.82 Å². The first-order valence-corrected chi connectivity index (χ1v) is 11.9. The highest BCUT2D eigenvalue weighted by Crippen LogP contribution is 2.35. The number of thiophene rings is 1. The number of benzene rings is 2. The highest BCUT2D eigenvalue weighted by Gasteiger charge is 2.17. The third kappa shape index (κ3) is 3.85. The van der Waals surface area contributed by atoms with E-state index in [0.29, 0.717) is 10.8 Å². The number of aryl methyl sites for hydroxylation is 1. The minimum absolute atomic E-state index is 0.107.